The fraction of sp³-hybridized carbons (Fsp3) is 0.333. The van der Waals surface area contributed by atoms with Gasteiger partial charge in [0.1, 0.15) is 0 Å². The van der Waals surface area contributed by atoms with Crippen molar-refractivity contribution < 1.29 is 104 Å². The molecule has 2 radical (unpaired) electrons. The van der Waals surface area contributed by atoms with Crippen molar-refractivity contribution in [2.75, 3.05) is 24.7 Å². The minimum absolute atomic E-state index is 0. The summed E-state index contributed by atoms with van der Waals surface area (Å²) in [5.41, 5.74) is 2.55. The Morgan fingerprint density at radius 2 is 1.32 bits per heavy atom. The molecule has 37 heavy (non-hydrogen) atoms. The summed E-state index contributed by atoms with van der Waals surface area (Å²) in [5, 5.41) is 16.7. The number of hydrogen-bond donors (Lipinski definition) is 3. The molecule has 0 aliphatic heterocycles. The van der Waals surface area contributed by atoms with Gasteiger partial charge in [-0.3, -0.25) is 19.2 Å². The molecule has 0 amide bonds. The van der Waals surface area contributed by atoms with Gasteiger partial charge in [0.05, 0.1) is 24.7 Å². The number of hydrogen-bond acceptors (Lipinski definition) is 8. The Labute approximate surface area is 282 Å². The molecule has 0 aliphatic carbocycles. The minimum atomic E-state index is -0.881. The summed E-state index contributed by atoms with van der Waals surface area (Å²) in [5.74, 6) is -2.57. The van der Waals surface area contributed by atoms with Gasteiger partial charge in [-0.05, 0) is 25.0 Å². The van der Waals surface area contributed by atoms with Gasteiger partial charge in [0.25, 0.3) is 11.9 Å². The average molecular weight is 721 g/mol. The van der Waals surface area contributed by atoms with E-state index in [-0.39, 0.29) is 88.9 Å². The summed E-state index contributed by atoms with van der Waals surface area (Å²) in [7, 11) is 0. The number of esters is 2. The van der Waals surface area contributed by atoms with Crippen LogP contribution < -0.4 is 0 Å². The number of carboxylic acid groups (broad SMARTS) is 2. The number of carbonyl (C=O) groups is 4. The minimum Gasteiger partial charge on any atom is -0.481 e. The first-order chi connectivity index (χ1) is 16.5. The van der Waals surface area contributed by atoms with E-state index in [1.165, 1.54) is 17.8 Å². The van der Waals surface area contributed by atoms with Gasteiger partial charge in [0.15, 0.2) is 0 Å². The number of carbonyl (C=O) groups excluding carboxylic acids is 2. The summed E-state index contributed by atoms with van der Waals surface area (Å²) < 4.78 is 9.73. The van der Waals surface area contributed by atoms with Crippen LogP contribution >= 0.6 is 36.0 Å². The Hall–Kier alpha value is -0.482. The Kier molecular flexibility index (Phi) is 25.9. The maximum absolute atomic E-state index is 11.5. The van der Waals surface area contributed by atoms with Crippen LogP contribution in [0.25, 0.3) is 0 Å². The van der Waals surface area contributed by atoms with Crippen molar-refractivity contribution in [3.63, 3.8) is 0 Å². The Morgan fingerprint density at radius 1 is 0.892 bits per heavy atom. The molecule has 0 spiro atoms. The fourth-order valence-corrected chi connectivity index (χ4v) is 3.12. The first-order valence-corrected chi connectivity index (χ1v) is 12.2. The van der Waals surface area contributed by atoms with Crippen LogP contribution in [0.5, 0.6) is 0 Å². The predicted octanol–water partition coefficient (Wildman–Crippen LogP) is 4.77. The second-order valence-corrected chi connectivity index (χ2v) is 8.19. The molecule has 13 heteroatoms. The van der Waals surface area contributed by atoms with Crippen LogP contribution in [0.1, 0.15) is 45.7 Å². The van der Waals surface area contributed by atoms with Gasteiger partial charge in [-0.15, -0.1) is 45.5 Å². The number of thioether (sulfide) groups is 1. The van der Waals surface area contributed by atoms with E-state index in [1.807, 2.05) is 6.92 Å². The maximum Gasteiger partial charge on any atom is 0.313 e. The van der Waals surface area contributed by atoms with E-state index in [2.05, 4.69) is 24.8 Å². The smallest absolute Gasteiger partial charge is 0.313 e. The van der Waals surface area contributed by atoms with Gasteiger partial charge in [-0.25, -0.2) is 0 Å². The summed E-state index contributed by atoms with van der Waals surface area (Å²) in [6.45, 7) is 7.81. The quantitative estimate of drug-likeness (QED) is 0.153. The third-order valence-corrected chi connectivity index (χ3v) is 5.16. The van der Waals surface area contributed by atoms with E-state index < -0.39 is 11.9 Å². The van der Waals surface area contributed by atoms with Crippen LogP contribution in [0.3, 0.4) is 0 Å². The number of rotatable bonds is 8. The number of thiol groups is 1. The molecule has 0 aromatic heterocycles. The molecule has 0 saturated heterocycles. The molecule has 2 aromatic carbocycles. The summed E-state index contributed by atoms with van der Waals surface area (Å²) in [6.07, 6.45) is 0. The van der Waals surface area contributed by atoms with E-state index >= 15 is 0 Å². The predicted molar refractivity (Wildman–Crippen MR) is 137 cm³/mol. The van der Waals surface area contributed by atoms with Crippen molar-refractivity contribution in [3.05, 3.63) is 63.7 Å². The Balaban J connectivity index is -0.000000516. The number of carboxylic acids is 2. The molecule has 198 valence electrons. The normalized spacial score (nSPS) is 9.03. The first kappa shape index (κ1) is 41.0. The van der Waals surface area contributed by atoms with Gasteiger partial charge < -0.3 is 19.7 Å². The average Bonchev–Trinajstić information content (AvgIpc) is 2.78. The Bertz CT molecular complexity index is 1020. The number of halogens is 1. The van der Waals surface area contributed by atoms with Gasteiger partial charge in [0, 0.05) is 65.4 Å². The van der Waals surface area contributed by atoms with E-state index in [1.54, 1.807) is 39.0 Å². The van der Waals surface area contributed by atoms with Crippen molar-refractivity contribution in [2.24, 2.45) is 0 Å². The molecule has 0 heterocycles. The molecule has 8 nitrogen and oxygen atoms in total. The third-order valence-electron chi connectivity index (χ3n) is 3.73. The molecule has 0 bridgehead atoms. The fourth-order valence-electron chi connectivity index (χ4n) is 2.22. The van der Waals surface area contributed by atoms with Crippen molar-refractivity contribution in [3.8, 4) is 0 Å². The molecular weight excluding hydrogens is 694 g/mol. The van der Waals surface area contributed by atoms with Gasteiger partial charge in [0.2, 0.25) is 0 Å². The van der Waals surface area contributed by atoms with Gasteiger partial charge in [-0.1, -0.05) is 18.9 Å². The van der Waals surface area contributed by atoms with Crippen LogP contribution in [-0.4, -0.2) is 58.8 Å². The second-order valence-electron chi connectivity index (χ2n) is 6.45. The molecule has 0 atom stereocenters. The molecule has 0 aliphatic rings. The van der Waals surface area contributed by atoms with E-state index in [4.69, 9.17) is 31.3 Å². The molecular formula is C24H27ClO8S2Y2-2. The number of aliphatic carboxylic acids is 2. The summed E-state index contributed by atoms with van der Waals surface area (Å²) in [6, 6.07) is 12.1. The van der Waals surface area contributed by atoms with Crippen molar-refractivity contribution in [1.82, 2.24) is 0 Å². The largest absolute Gasteiger partial charge is 0.481 e. The van der Waals surface area contributed by atoms with Crippen molar-refractivity contribution >= 4 is 59.9 Å². The SMILES string of the molecule is CCOC(=O)c1c[c-]c(Cl)cc1C.CCOC(=O)c1c[c-]c(SCC(=O)O)cc1C.O=C(O)CS.[Y].[Y]. The Morgan fingerprint density at radius 3 is 1.68 bits per heavy atom. The summed E-state index contributed by atoms with van der Waals surface area (Å²) >= 11 is 10.3. The zero-order valence-electron chi connectivity index (χ0n) is 20.9. The standard InChI is InChI=1S/C12H13O4S.C10H10ClO2.C2H4O2S.2Y/c1-3-16-12(15)10-5-4-9(6-8(10)2)17-7-11(13)14;1-3-13-10(12)9-5-4-8(11)6-7(9)2;3-2(4)1-5;;/h5-6H,3,7H2,1-2H3,(H,13,14);5-6H,3H2,1-2H3;5H,1H2,(H,3,4);;/q2*-1;;;. The number of aryl methyl sites for hydroxylation is 2. The monoisotopic (exact) mass is 720 g/mol. The zero-order chi connectivity index (χ0) is 27.0. The molecule has 2 N–H and O–H groups in total. The van der Waals surface area contributed by atoms with Crippen LogP contribution in [0.2, 0.25) is 5.02 Å². The van der Waals surface area contributed by atoms with E-state index in [0.717, 1.165) is 11.1 Å². The van der Waals surface area contributed by atoms with Crippen LogP contribution in [-0.2, 0) is 84.5 Å². The third kappa shape index (κ3) is 18.4. The molecule has 2 rings (SSSR count). The first-order valence-electron chi connectivity index (χ1n) is 10.2. The topological polar surface area (TPSA) is 127 Å². The van der Waals surface area contributed by atoms with Gasteiger partial charge in [-0.2, -0.15) is 43.0 Å². The van der Waals surface area contributed by atoms with Crippen LogP contribution in [0.4, 0.5) is 0 Å². The second kappa shape index (κ2) is 23.4. The number of benzene rings is 2. The molecule has 0 saturated carbocycles. The van der Waals surface area contributed by atoms with Gasteiger partial charge >= 0.3 is 11.9 Å². The molecule has 0 unspecified atom stereocenters. The van der Waals surface area contributed by atoms with E-state index in [9.17, 15) is 19.2 Å². The number of ether oxygens (including phenoxy) is 2. The summed E-state index contributed by atoms with van der Waals surface area (Å²) in [4.78, 5) is 43.2. The zero-order valence-corrected chi connectivity index (χ0v) is 29.0. The molecule has 0 fully saturated rings. The van der Waals surface area contributed by atoms with Crippen LogP contribution in [0, 0.1) is 26.0 Å². The van der Waals surface area contributed by atoms with E-state index in [0.29, 0.717) is 34.3 Å². The molecule has 2 aromatic rings. The maximum atomic E-state index is 11.5. The van der Waals surface area contributed by atoms with Crippen molar-refractivity contribution in [1.29, 1.82) is 0 Å². The van der Waals surface area contributed by atoms with Crippen LogP contribution in [0.15, 0.2) is 29.2 Å². The van der Waals surface area contributed by atoms with Crippen molar-refractivity contribution in [2.45, 2.75) is 32.6 Å².